The van der Waals surface area contributed by atoms with Gasteiger partial charge in [-0.3, -0.25) is 0 Å². The number of phenols is 2. The second-order valence-electron chi connectivity index (χ2n) is 5.13. The van der Waals surface area contributed by atoms with Crippen LogP contribution in [0.4, 0.5) is 0 Å². The van der Waals surface area contributed by atoms with Gasteiger partial charge in [-0.2, -0.15) is 0 Å². The van der Waals surface area contributed by atoms with Crippen molar-refractivity contribution in [3.05, 3.63) is 47.5 Å². The number of methoxy groups -OCH3 is 1. The molecule has 3 unspecified atom stereocenters. The van der Waals surface area contributed by atoms with Crippen molar-refractivity contribution in [1.82, 2.24) is 0 Å². The van der Waals surface area contributed by atoms with E-state index in [1.54, 1.807) is 12.1 Å². The summed E-state index contributed by atoms with van der Waals surface area (Å²) in [7, 11) is 1.43. The van der Waals surface area contributed by atoms with Crippen LogP contribution in [0.3, 0.4) is 0 Å². The molecule has 3 atom stereocenters. The van der Waals surface area contributed by atoms with E-state index in [4.69, 9.17) is 9.47 Å². The minimum atomic E-state index is -1.20. The quantitative estimate of drug-likeness (QED) is 0.673. The van der Waals surface area contributed by atoms with Crippen LogP contribution in [-0.4, -0.2) is 33.6 Å². The predicted octanol–water partition coefficient (Wildman–Crippen LogP) is 1.63. The minimum absolute atomic E-state index is 0.00123. The lowest BCUT2D eigenvalue weighted by atomic mass is 9.92. The lowest BCUT2D eigenvalue weighted by Crippen LogP contribution is -2.34. The Bertz CT molecular complexity index is 699. The van der Waals surface area contributed by atoms with Gasteiger partial charge in [-0.1, -0.05) is 6.07 Å². The molecule has 0 radical (unpaired) electrons. The Labute approximate surface area is 126 Å². The van der Waals surface area contributed by atoms with E-state index in [2.05, 4.69) is 0 Å². The summed E-state index contributed by atoms with van der Waals surface area (Å²) < 4.78 is 10.7. The van der Waals surface area contributed by atoms with Crippen LogP contribution < -0.4 is 9.47 Å². The zero-order chi connectivity index (χ0) is 15.9. The molecule has 0 aliphatic carbocycles. The van der Waals surface area contributed by atoms with Crippen LogP contribution in [0.1, 0.15) is 23.3 Å². The largest absolute Gasteiger partial charge is 0.508 e. The van der Waals surface area contributed by atoms with Crippen molar-refractivity contribution in [2.45, 2.75) is 18.3 Å². The van der Waals surface area contributed by atoms with Crippen LogP contribution in [0.5, 0.6) is 23.0 Å². The molecular weight excluding hydrogens is 288 g/mol. The first-order valence-electron chi connectivity index (χ1n) is 6.74. The van der Waals surface area contributed by atoms with Gasteiger partial charge in [0, 0.05) is 11.6 Å². The number of hydrogen-bond acceptors (Lipinski definition) is 6. The van der Waals surface area contributed by atoms with Gasteiger partial charge in [0.15, 0.2) is 17.6 Å². The maximum Gasteiger partial charge on any atom is 0.160 e. The van der Waals surface area contributed by atoms with Crippen LogP contribution in [0.2, 0.25) is 0 Å². The van der Waals surface area contributed by atoms with Gasteiger partial charge < -0.3 is 29.9 Å². The van der Waals surface area contributed by atoms with Gasteiger partial charge in [-0.25, -0.2) is 0 Å². The number of hydrogen-bond donors (Lipinski definition) is 4. The van der Waals surface area contributed by atoms with E-state index in [0.717, 1.165) is 0 Å². The van der Waals surface area contributed by atoms with E-state index in [1.165, 1.54) is 31.4 Å². The Morgan fingerprint density at radius 1 is 1.05 bits per heavy atom. The molecule has 0 aromatic heterocycles. The Kier molecular flexibility index (Phi) is 3.56. The molecule has 22 heavy (non-hydrogen) atoms. The number of rotatable bonds is 2. The van der Waals surface area contributed by atoms with E-state index in [0.29, 0.717) is 16.9 Å². The third kappa shape index (κ3) is 2.32. The summed E-state index contributed by atoms with van der Waals surface area (Å²) in [5, 5.41) is 39.9. The minimum Gasteiger partial charge on any atom is -0.508 e. The number of aliphatic hydroxyl groups excluding tert-OH is 2. The van der Waals surface area contributed by atoms with Crippen LogP contribution in [0.25, 0.3) is 0 Å². The van der Waals surface area contributed by atoms with Crippen molar-refractivity contribution < 1.29 is 29.9 Å². The molecule has 2 aromatic carbocycles. The molecule has 0 fully saturated rings. The highest BCUT2D eigenvalue weighted by molar-refractivity contribution is 5.47. The third-order valence-corrected chi connectivity index (χ3v) is 3.73. The van der Waals surface area contributed by atoms with Crippen molar-refractivity contribution in [3.8, 4) is 23.0 Å². The van der Waals surface area contributed by atoms with Crippen LogP contribution in [0, 0.1) is 0 Å². The SMILES string of the molecule is COc1ccc(C2Oc3cc(O)ccc3C(O)C2O)cc1O. The van der Waals surface area contributed by atoms with Gasteiger partial charge in [0.25, 0.3) is 0 Å². The van der Waals surface area contributed by atoms with Crippen molar-refractivity contribution in [2.75, 3.05) is 7.11 Å². The summed E-state index contributed by atoms with van der Waals surface area (Å²) >= 11 is 0. The van der Waals surface area contributed by atoms with E-state index in [1.807, 2.05) is 0 Å². The summed E-state index contributed by atoms with van der Waals surface area (Å²) in [5.41, 5.74) is 0.887. The lowest BCUT2D eigenvalue weighted by molar-refractivity contribution is -0.0701. The first-order valence-corrected chi connectivity index (χ1v) is 6.74. The van der Waals surface area contributed by atoms with Crippen molar-refractivity contribution in [1.29, 1.82) is 0 Å². The average Bonchev–Trinajstić information content (AvgIpc) is 2.50. The normalized spacial score (nSPS) is 23.5. The first-order chi connectivity index (χ1) is 10.5. The molecule has 6 heteroatoms. The number of benzene rings is 2. The van der Waals surface area contributed by atoms with Crippen LogP contribution in [0.15, 0.2) is 36.4 Å². The molecule has 0 amide bonds. The maximum atomic E-state index is 10.3. The van der Waals surface area contributed by atoms with Crippen LogP contribution in [-0.2, 0) is 0 Å². The lowest BCUT2D eigenvalue weighted by Gasteiger charge is -2.34. The van der Waals surface area contributed by atoms with E-state index < -0.39 is 18.3 Å². The smallest absolute Gasteiger partial charge is 0.160 e. The van der Waals surface area contributed by atoms with Gasteiger partial charge in [0.1, 0.15) is 23.7 Å². The Hall–Kier alpha value is -2.44. The van der Waals surface area contributed by atoms with E-state index >= 15 is 0 Å². The van der Waals surface area contributed by atoms with Gasteiger partial charge in [-0.05, 0) is 29.8 Å². The summed E-state index contributed by atoms with van der Waals surface area (Å²) in [6, 6.07) is 8.88. The Morgan fingerprint density at radius 2 is 1.82 bits per heavy atom. The standard InChI is InChI=1S/C16H16O6/c1-21-12-5-2-8(6-11(12)18)16-15(20)14(19)10-4-3-9(17)7-13(10)22-16/h2-7,14-20H,1H3. The Balaban J connectivity index is 2.00. The summed E-state index contributed by atoms with van der Waals surface area (Å²) in [5.74, 6) is 0.497. The summed E-state index contributed by atoms with van der Waals surface area (Å²) in [6.07, 6.45) is -3.23. The van der Waals surface area contributed by atoms with Crippen LogP contribution >= 0.6 is 0 Å². The monoisotopic (exact) mass is 304 g/mol. The molecule has 0 saturated heterocycles. The highest BCUT2D eigenvalue weighted by atomic mass is 16.5. The molecule has 0 spiro atoms. The molecule has 2 aromatic rings. The van der Waals surface area contributed by atoms with Gasteiger partial charge in [-0.15, -0.1) is 0 Å². The second-order valence-corrected chi connectivity index (χ2v) is 5.13. The summed E-state index contributed by atoms with van der Waals surface area (Å²) in [6.45, 7) is 0. The first kappa shape index (κ1) is 14.5. The highest BCUT2D eigenvalue weighted by Crippen LogP contribution is 2.43. The molecule has 3 rings (SSSR count). The van der Waals surface area contributed by atoms with Gasteiger partial charge in [0.05, 0.1) is 7.11 Å². The third-order valence-electron chi connectivity index (χ3n) is 3.73. The highest BCUT2D eigenvalue weighted by Gasteiger charge is 2.37. The molecule has 0 saturated carbocycles. The maximum absolute atomic E-state index is 10.3. The fraction of sp³-hybridized carbons (Fsp3) is 0.250. The van der Waals surface area contributed by atoms with E-state index in [-0.39, 0.29) is 17.2 Å². The fourth-order valence-corrected chi connectivity index (χ4v) is 2.57. The molecule has 1 heterocycles. The van der Waals surface area contributed by atoms with Gasteiger partial charge in [0.2, 0.25) is 0 Å². The zero-order valence-electron chi connectivity index (χ0n) is 11.8. The van der Waals surface area contributed by atoms with Crippen molar-refractivity contribution in [3.63, 3.8) is 0 Å². The number of ether oxygens (including phenoxy) is 2. The number of fused-ring (bicyclic) bond motifs is 1. The molecular formula is C16H16O6. The molecule has 1 aliphatic heterocycles. The zero-order valence-corrected chi connectivity index (χ0v) is 11.8. The summed E-state index contributed by atoms with van der Waals surface area (Å²) in [4.78, 5) is 0. The fourth-order valence-electron chi connectivity index (χ4n) is 2.57. The predicted molar refractivity (Wildman–Crippen MR) is 77.1 cm³/mol. The van der Waals surface area contributed by atoms with Crippen molar-refractivity contribution >= 4 is 0 Å². The number of aliphatic hydroxyl groups is 2. The second kappa shape index (κ2) is 5.40. The van der Waals surface area contributed by atoms with E-state index in [9.17, 15) is 20.4 Å². The molecule has 0 bridgehead atoms. The van der Waals surface area contributed by atoms with Gasteiger partial charge >= 0.3 is 0 Å². The number of aromatic hydroxyl groups is 2. The number of phenolic OH excluding ortho intramolecular Hbond substituents is 2. The average molecular weight is 304 g/mol. The Morgan fingerprint density at radius 3 is 2.50 bits per heavy atom. The topological polar surface area (TPSA) is 99.4 Å². The molecule has 6 nitrogen and oxygen atoms in total. The molecule has 4 N–H and O–H groups in total. The molecule has 116 valence electrons. The molecule has 1 aliphatic rings. The van der Waals surface area contributed by atoms with Crippen molar-refractivity contribution in [2.24, 2.45) is 0 Å².